The molecule has 4 aromatic carbocycles. The molecule has 1 aromatic heterocycles. The summed E-state index contributed by atoms with van der Waals surface area (Å²) in [6, 6.07) is 23.8. The van der Waals surface area contributed by atoms with E-state index in [1.807, 2.05) is 55.6 Å². The number of benzene rings is 4. The number of nitrogens with one attached hydrogen (secondary N) is 3. The maximum Gasteiger partial charge on any atom is 0.415 e. The number of aromatic amines is 1. The van der Waals surface area contributed by atoms with Crippen molar-refractivity contribution >= 4 is 78.8 Å². The number of alkyl carbamates (subject to hydrolysis) is 1. The van der Waals surface area contributed by atoms with Gasteiger partial charge < -0.3 is 39.8 Å². The lowest BCUT2D eigenvalue weighted by Gasteiger charge is -2.31. The first kappa shape index (κ1) is 37.6. The number of carbonyl (C=O) groups is 5. The Bertz CT molecular complexity index is 2280. The number of carbonyl (C=O) groups excluding carboxylic acids is 5. The van der Waals surface area contributed by atoms with Crippen LogP contribution in [0, 0.1) is 0 Å². The number of hydrogen-bond donors (Lipinski definition) is 3. The maximum absolute atomic E-state index is 14.2. The van der Waals surface area contributed by atoms with E-state index >= 15 is 0 Å². The molecule has 55 heavy (non-hydrogen) atoms. The number of ether oxygens (including phenoxy) is 2. The first-order valence-electron chi connectivity index (χ1n) is 18.1. The summed E-state index contributed by atoms with van der Waals surface area (Å²) < 4.78 is 11.3. The van der Waals surface area contributed by atoms with Crippen LogP contribution in [0.4, 0.5) is 21.0 Å². The third kappa shape index (κ3) is 8.50. The number of nitrogens with zero attached hydrogens (tertiary/aromatic N) is 3. The van der Waals surface area contributed by atoms with Crippen molar-refractivity contribution in [2.45, 2.75) is 25.9 Å². The molecule has 13 nitrogen and oxygen atoms in total. The molecule has 4 amide bonds. The monoisotopic (exact) mass is 808 g/mol. The first-order chi connectivity index (χ1) is 26.6. The molecule has 1 fully saturated rings. The SMILES string of the molecule is CC(=O)Nc1ccc(COC(=O)NCC(=O)Cc2ccc3[nH]c(C(=O)N4C[C@@H](CBr)c5c4cc(OC(=O)N4CCN(C)CC4)c4ccccc54)cc3c2)cc1. The quantitative estimate of drug-likeness (QED) is 0.141. The fraction of sp³-hybridized carbons (Fsp3) is 0.293. The van der Waals surface area contributed by atoms with Crippen molar-refractivity contribution in [2.75, 3.05) is 61.9 Å². The van der Waals surface area contributed by atoms with Crippen LogP contribution in [0.25, 0.3) is 21.7 Å². The minimum atomic E-state index is -0.720. The molecule has 0 bridgehead atoms. The van der Waals surface area contributed by atoms with Gasteiger partial charge in [0.15, 0.2) is 5.78 Å². The zero-order chi connectivity index (χ0) is 38.6. The lowest BCUT2D eigenvalue weighted by molar-refractivity contribution is -0.117. The summed E-state index contributed by atoms with van der Waals surface area (Å²) in [6.07, 6.45) is -1.05. The molecule has 14 heteroatoms. The molecule has 0 spiro atoms. The van der Waals surface area contributed by atoms with Crippen LogP contribution in [-0.4, -0.2) is 96.2 Å². The van der Waals surface area contributed by atoms with Gasteiger partial charge in [-0.3, -0.25) is 14.4 Å². The summed E-state index contributed by atoms with van der Waals surface area (Å²) >= 11 is 3.67. The Balaban J connectivity index is 1.01. The number of alkyl halides is 1. The van der Waals surface area contributed by atoms with Crippen molar-refractivity contribution < 1.29 is 33.4 Å². The molecule has 7 rings (SSSR count). The second-order valence-electron chi connectivity index (χ2n) is 13.9. The number of Topliss-reactive ketones (excluding diaryl/α,β-unsaturated/α-hetero) is 1. The van der Waals surface area contributed by atoms with Gasteiger partial charge in [0, 0.05) is 85.4 Å². The van der Waals surface area contributed by atoms with E-state index in [1.54, 1.807) is 40.1 Å². The van der Waals surface area contributed by atoms with Crippen LogP contribution in [0.3, 0.4) is 0 Å². The maximum atomic E-state index is 14.2. The number of piperazine rings is 1. The summed E-state index contributed by atoms with van der Waals surface area (Å²) in [5, 5.41) is 8.33. The highest BCUT2D eigenvalue weighted by atomic mass is 79.9. The molecule has 0 unspecified atom stereocenters. The van der Waals surface area contributed by atoms with E-state index in [9.17, 15) is 24.0 Å². The number of hydrogen-bond acceptors (Lipinski definition) is 8. The molecule has 1 saturated heterocycles. The number of amides is 4. The largest absolute Gasteiger partial charge is 0.445 e. The Labute approximate surface area is 326 Å². The van der Waals surface area contributed by atoms with Gasteiger partial charge in [-0.2, -0.15) is 0 Å². The number of ketones is 1. The minimum Gasteiger partial charge on any atom is -0.445 e. The molecular weight excluding hydrogens is 768 g/mol. The summed E-state index contributed by atoms with van der Waals surface area (Å²) in [7, 11) is 2.03. The van der Waals surface area contributed by atoms with Gasteiger partial charge in [-0.05, 0) is 59.5 Å². The van der Waals surface area contributed by atoms with Crippen LogP contribution in [0.15, 0.2) is 78.9 Å². The normalized spacial score (nSPS) is 15.5. The number of likely N-dealkylation sites (N-methyl/N-ethyl adjacent to an activating group) is 1. The Morgan fingerprint density at radius 3 is 2.35 bits per heavy atom. The summed E-state index contributed by atoms with van der Waals surface area (Å²) in [5.74, 6) is -0.192. The highest BCUT2D eigenvalue weighted by molar-refractivity contribution is 9.09. The van der Waals surface area contributed by atoms with Gasteiger partial charge in [-0.25, -0.2) is 9.59 Å². The second kappa shape index (κ2) is 16.3. The fourth-order valence-corrected chi connectivity index (χ4v) is 7.59. The number of fused-ring (bicyclic) bond motifs is 4. The van der Waals surface area contributed by atoms with E-state index in [1.165, 1.54) is 6.92 Å². The third-order valence-corrected chi connectivity index (χ3v) is 10.7. The average molecular weight is 810 g/mol. The zero-order valence-corrected chi connectivity index (χ0v) is 32.1. The fourth-order valence-electron chi connectivity index (χ4n) is 7.06. The van der Waals surface area contributed by atoms with Crippen LogP contribution in [0.2, 0.25) is 0 Å². The number of anilines is 2. The summed E-state index contributed by atoms with van der Waals surface area (Å²) in [6.45, 7) is 4.36. The Morgan fingerprint density at radius 1 is 0.891 bits per heavy atom. The van der Waals surface area contributed by atoms with E-state index in [-0.39, 0.29) is 43.1 Å². The molecule has 0 aliphatic carbocycles. The van der Waals surface area contributed by atoms with Gasteiger partial charge >= 0.3 is 12.2 Å². The lowest BCUT2D eigenvalue weighted by Crippen LogP contribution is -2.48. The molecule has 284 valence electrons. The highest BCUT2D eigenvalue weighted by Gasteiger charge is 2.36. The number of aromatic nitrogens is 1. The molecule has 3 N–H and O–H groups in total. The van der Waals surface area contributed by atoms with Crippen LogP contribution in [0.1, 0.15) is 40.0 Å². The Kier molecular flexibility index (Phi) is 11.2. The molecule has 0 radical (unpaired) electrons. The molecule has 2 aliphatic rings. The van der Waals surface area contributed by atoms with Crippen LogP contribution in [0.5, 0.6) is 5.75 Å². The standard InChI is InChI=1S/C41H41BrN6O7/c1-25(49)44-30-10-7-26(8-11-30)24-54-40(52)43-22-31(50)18-27-9-12-34-28(17-27)19-35(45-34)39(51)48-23-29(21-42)38-33-6-4-3-5-32(33)37(20-36(38)48)55-41(53)47-15-13-46(2)14-16-47/h3-12,17,19-20,29,45H,13-16,18,21-24H2,1-2H3,(H,43,52)(H,44,49)/t29-/m1/s1. The molecule has 3 heterocycles. The zero-order valence-electron chi connectivity index (χ0n) is 30.5. The van der Waals surface area contributed by atoms with Crippen molar-refractivity contribution in [1.29, 1.82) is 0 Å². The average Bonchev–Trinajstić information content (AvgIpc) is 3.78. The predicted molar refractivity (Wildman–Crippen MR) is 213 cm³/mol. The third-order valence-electron chi connectivity index (χ3n) is 9.91. The second-order valence-corrected chi connectivity index (χ2v) is 14.6. The van der Waals surface area contributed by atoms with E-state index in [2.05, 4.69) is 36.4 Å². The molecule has 5 aromatic rings. The smallest absolute Gasteiger partial charge is 0.415 e. The van der Waals surface area contributed by atoms with Gasteiger partial charge in [0.1, 0.15) is 18.1 Å². The molecule has 1 atom stereocenters. The molecule has 2 aliphatic heterocycles. The van der Waals surface area contributed by atoms with Gasteiger partial charge in [0.05, 0.1) is 12.2 Å². The van der Waals surface area contributed by atoms with Crippen molar-refractivity contribution in [1.82, 2.24) is 20.1 Å². The van der Waals surface area contributed by atoms with E-state index in [0.717, 1.165) is 51.5 Å². The molecule has 0 saturated carbocycles. The topological polar surface area (TPSA) is 153 Å². The first-order valence-corrected chi connectivity index (χ1v) is 19.2. The van der Waals surface area contributed by atoms with Crippen molar-refractivity contribution in [3.05, 3.63) is 101 Å². The number of rotatable bonds is 10. The van der Waals surface area contributed by atoms with Gasteiger partial charge in [-0.1, -0.05) is 58.4 Å². The van der Waals surface area contributed by atoms with Crippen LogP contribution >= 0.6 is 15.9 Å². The van der Waals surface area contributed by atoms with Crippen molar-refractivity contribution in [3.63, 3.8) is 0 Å². The van der Waals surface area contributed by atoms with Gasteiger partial charge in [0.2, 0.25) is 5.91 Å². The molecular formula is C41H41BrN6O7. The number of H-pyrrole nitrogens is 1. The van der Waals surface area contributed by atoms with Crippen LogP contribution in [-0.2, 0) is 27.4 Å². The highest BCUT2D eigenvalue weighted by Crippen LogP contribution is 2.46. The lowest BCUT2D eigenvalue weighted by atomic mass is 9.95. The summed E-state index contributed by atoms with van der Waals surface area (Å²) in [4.78, 5) is 72.6. The predicted octanol–water partition coefficient (Wildman–Crippen LogP) is 6.20. The van der Waals surface area contributed by atoms with Crippen molar-refractivity contribution in [2.24, 2.45) is 0 Å². The van der Waals surface area contributed by atoms with Crippen molar-refractivity contribution in [3.8, 4) is 5.75 Å². The van der Waals surface area contributed by atoms with Crippen LogP contribution < -0.4 is 20.3 Å². The summed E-state index contributed by atoms with van der Waals surface area (Å²) in [5.41, 5.74) is 4.94. The Morgan fingerprint density at radius 2 is 1.62 bits per heavy atom. The minimum absolute atomic E-state index is 0.00743. The van der Waals surface area contributed by atoms with Gasteiger partial charge in [0.25, 0.3) is 5.91 Å². The van der Waals surface area contributed by atoms with Gasteiger partial charge in [-0.15, -0.1) is 0 Å². The Hall–Kier alpha value is -5.73. The number of halogens is 1. The van der Waals surface area contributed by atoms with E-state index in [0.29, 0.717) is 47.8 Å². The van der Waals surface area contributed by atoms with E-state index < -0.39 is 12.2 Å². The van der Waals surface area contributed by atoms with E-state index in [4.69, 9.17) is 9.47 Å².